The highest BCUT2D eigenvalue weighted by Crippen LogP contribution is 2.21. The van der Waals surface area contributed by atoms with Crippen LogP contribution in [0.25, 0.3) is 0 Å². The normalized spacial score (nSPS) is 11.0. The molecule has 0 heterocycles. The number of nitriles is 1. The van der Waals surface area contributed by atoms with Crippen molar-refractivity contribution >= 4 is 11.6 Å². The van der Waals surface area contributed by atoms with Gasteiger partial charge < -0.3 is 10.1 Å². The second-order valence-corrected chi connectivity index (χ2v) is 4.32. The van der Waals surface area contributed by atoms with Crippen LogP contribution in [0.4, 0.5) is 18.9 Å². The molecule has 114 valence electrons. The molecule has 0 spiro atoms. The van der Waals surface area contributed by atoms with Gasteiger partial charge >= 0.3 is 6.18 Å². The van der Waals surface area contributed by atoms with Crippen molar-refractivity contribution in [2.24, 2.45) is 0 Å². The van der Waals surface area contributed by atoms with E-state index in [1.165, 1.54) is 6.07 Å². The lowest BCUT2D eigenvalue weighted by Crippen LogP contribution is -2.15. The van der Waals surface area contributed by atoms with Gasteiger partial charge in [-0.3, -0.25) is 4.79 Å². The maximum atomic E-state index is 11.9. The van der Waals surface area contributed by atoms with Gasteiger partial charge in [-0.1, -0.05) is 6.07 Å². The van der Waals surface area contributed by atoms with Crippen LogP contribution in [0.5, 0.6) is 0 Å². The standard InChI is InChI=1S/C14H15F3N2O2/c15-14(16,17)6-2-7-21-8-5-13(20)19-12-4-1-3-11(9-12)10-18/h1,3-4,9H,2,5-8H2,(H,19,20). The fourth-order valence-electron chi connectivity index (χ4n) is 1.53. The van der Waals surface area contributed by atoms with Crippen molar-refractivity contribution in [1.29, 1.82) is 5.26 Å². The fraction of sp³-hybridized carbons (Fsp3) is 0.429. The first-order chi connectivity index (χ1) is 9.90. The molecule has 7 heteroatoms. The number of ether oxygens (including phenoxy) is 1. The molecule has 0 radical (unpaired) electrons. The summed E-state index contributed by atoms with van der Waals surface area (Å²) in [6.07, 6.45) is -5.13. The van der Waals surface area contributed by atoms with E-state index in [9.17, 15) is 18.0 Å². The summed E-state index contributed by atoms with van der Waals surface area (Å²) in [5.41, 5.74) is 0.923. The van der Waals surface area contributed by atoms with Crippen molar-refractivity contribution in [3.63, 3.8) is 0 Å². The van der Waals surface area contributed by atoms with E-state index in [1.807, 2.05) is 6.07 Å². The molecule has 0 aliphatic rings. The van der Waals surface area contributed by atoms with E-state index in [2.05, 4.69) is 5.32 Å². The number of nitrogens with one attached hydrogen (secondary N) is 1. The summed E-state index contributed by atoms with van der Waals surface area (Å²) in [5, 5.41) is 11.3. The summed E-state index contributed by atoms with van der Waals surface area (Å²) < 4.78 is 40.5. The van der Waals surface area contributed by atoms with Crippen LogP contribution < -0.4 is 5.32 Å². The first kappa shape index (κ1) is 17.0. The van der Waals surface area contributed by atoms with E-state index in [1.54, 1.807) is 18.2 Å². The molecule has 4 nitrogen and oxygen atoms in total. The molecule has 0 fully saturated rings. The Bertz CT molecular complexity index is 510. The summed E-state index contributed by atoms with van der Waals surface area (Å²) in [7, 11) is 0. The summed E-state index contributed by atoms with van der Waals surface area (Å²) in [6.45, 7) is 0.0261. The van der Waals surface area contributed by atoms with E-state index in [0.29, 0.717) is 11.3 Å². The lowest BCUT2D eigenvalue weighted by atomic mass is 10.2. The maximum Gasteiger partial charge on any atom is 0.389 e. The Morgan fingerprint density at radius 3 is 2.76 bits per heavy atom. The van der Waals surface area contributed by atoms with Crippen LogP contribution in [0, 0.1) is 11.3 Å². The van der Waals surface area contributed by atoms with Gasteiger partial charge in [0, 0.05) is 18.7 Å². The number of alkyl halides is 3. The highest BCUT2D eigenvalue weighted by Gasteiger charge is 2.25. The number of amides is 1. The van der Waals surface area contributed by atoms with Crippen LogP contribution in [-0.4, -0.2) is 25.3 Å². The Kier molecular flexibility index (Phi) is 6.69. The summed E-state index contributed by atoms with van der Waals surface area (Å²) in [4.78, 5) is 11.6. The average Bonchev–Trinajstić information content (AvgIpc) is 2.41. The lowest BCUT2D eigenvalue weighted by molar-refractivity contribution is -0.138. The Morgan fingerprint density at radius 1 is 1.33 bits per heavy atom. The van der Waals surface area contributed by atoms with Gasteiger partial charge in [0.05, 0.1) is 24.7 Å². The number of carbonyl (C=O) groups excluding carboxylic acids is 1. The van der Waals surface area contributed by atoms with Crippen LogP contribution in [0.3, 0.4) is 0 Å². The van der Waals surface area contributed by atoms with Gasteiger partial charge in [0.1, 0.15) is 0 Å². The molecule has 0 atom stereocenters. The highest BCUT2D eigenvalue weighted by atomic mass is 19.4. The van der Waals surface area contributed by atoms with Crippen molar-refractivity contribution in [2.75, 3.05) is 18.5 Å². The van der Waals surface area contributed by atoms with Crippen LogP contribution >= 0.6 is 0 Å². The molecule has 0 saturated carbocycles. The zero-order valence-corrected chi connectivity index (χ0v) is 11.2. The SMILES string of the molecule is N#Cc1cccc(NC(=O)CCOCCCC(F)(F)F)c1. The van der Waals surface area contributed by atoms with Crippen LogP contribution in [0.2, 0.25) is 0 Å². The minimum Gasteiger partial charge on any atom is -0.381 e. The molecule has 1 amide bonds. The van der Waals surface area contributed by atoms with Gasteiger partial charge in [-0.2, -0.15) is 18.4 Å². The first-order valence-corrected chi connectivity index (χ1v) is 6.35. The first-order valence-electron chi connectivity index (χ1n) is 6.35. The van der Waals surface area contributed by atoms with Crippen LogP contribution in [0.1, 0.15) is 24.8 Å². The zero-order chi connectivity index (χ0) is 15.7. The Hall–Kier alpha value is -2.07. The summed E-state index contributed by atoms with van der Waals surface area (Å²) >= 11 is 0. The number of rotatable bonds is 7. The number of halogens is 3. The minimum absolute atomic E-state index is 0.0310. The average molecular weight is 300 g/mol. The van der Waals surface area contributed by atoms with Crippen molar-refractivity contribution in [2.45, 2.75) is 25.4 Å². The molecular formula is C14H15F3N2O2. The summed E-state index contributed by atoms with van der Waals surface area (Å²) in [5.74, 6) is -0.319. The fourth-order valence-corrected chi connectivity index (χ4v) is 1.53. The minimum atomic E-state index is -4.17. The zero-order valence-electron chi connectivity index (χ0n) is 11.2. The van der Waals surface area contributed by atoms with E-state index < -0.39 is 12.6 Å². The van der Waals surface area contributed by atoms with Gasteiger partial charge in [0.25, 0.3) is 0 Å². The van der Waals surface area contributed by atoms with Crippen molar-refractivity contribution in [3.8, 4) is 6.07 Å². The van der Waals surface area contributed by atoms with E-state index in [0.717, 1.165) is 0 Å². The monoisotopic (exact) mass is 300 g/mol. The molecule has 21 heavy (non-hydrogen) atoms. The molecular weight excluding hydrogens is 285 g/mol. The van der Waals surface area contributed by atoms with Crippen molar-refractivity contribution in [3.05, 3.63) is 29.8 Å². The number of hydrogen-bond acceptors (Lipinski definition) is 3. The number of carbonyl (C=O) groups is 1. The van der Waals surface area contributed by atoms with Crippen molar-refractivity contribution in [1.82, 2.24) is 0 Å². The van der Waals surface area contributed by atoms with Gasteiger partial charge in [-0.15, -0.1) is 0 Å². The number of benzene rings is 1. The largest absolute Gasteiger partial charge is 0.389 e. The van der Waals surface area contributed by atoms with Gasteiger partial charge in [-0.25, -0.2) is 0 Å². The second kappa shape index (κ2) is 8.27. The number of hydrogen-bond donors (Lipinski definition) is 1. The molecule has 0 aliphatic carbocycles. The highest BCUT2D eigenvalue weighted by molar-refractivity contribution is 5.90. The third-order valence-electron chi connectivity index (χ3n) is 2.50. The molecule has 1 rings (SSSR count). The van der Waals surface area contributed by atoms with Gasteiger partial charge in [0.15, 0.2) is 0 Å². The van der Waals surface area contributed by atoms with Gasteiger partial charge in [0.2, 0.25) is 5.91 Å². The molecule has 1 aromatic carbocycles. The van der Waals surface area contributed by atoms with E-state index in [4.69, 9.17) is 10.00 Å². The molecule has 0 aliphatic heterocycles. The van der Waals surface area contributed by atoms with E-state index >= 15 is 0 Å². The second-order valence-electron chi connectivity index (χ2n) is 4.32. The third-order valence-corrected chi connectivity index (χ3v) is 2.50. The quantitative estimate of drug-likeness (QED) is 0.786. The molecule has 0 aromatic heterocycles. The molecule has 0 bridgehead atoms. The van der Waals surface area contributed by atoms with E-state index in [-0.39, 0.29) is 32.0 Å². The number of anilines is 1. The molecule has 1 N–H and O–H groups in total. The van der Waals surface area contributed by atoms with Crippen LogP contribution in [0.15, 0.2) is 24.3 Å². The predicted molar refractivity (Wildman–Crippen MR) is 70.5 cm³/mol. The number of nitrogens with zero attached hydrogens (tertiary/aromatic N) is 1. The lowest BCUT2D eigenvalue weighted by Gasteiger charge is -2.07. The third kappa shape index (κ3) is 7.95. The Morgan fingerprint density at radius 2 is 2.10 bits per heavy atom. The molecule has 1 aromatic rings. The van der Waals surface area contributed by atoms with Crippen LogP contribution in [-0.2, 0) is 9.53 Å². The Labute approximate surface area is 120 Å². The summed E-state index contributed by atoms with van der Waals surface area (Å²) in [6, 6.07) is 8.37. The smallest absolute Gasteiger partial charge is 0.381 e. The molecule has 0 unspecified atom stereocenters. The Balaban J connectivity index is 2.18. The topological polar surface area (TPSA) is 62.1 Å². The van der Waals surface area contributed by atoms with Gasteiger partial charge in [-0.05, 0) is 24.6 Å². The van der Waals surface area contributed by atoms with Crippen molar-refractivity contribution < 1.29 is 22.7 Å². The predicted octanol–water partition coefficient (Wildman–Crippen LogP) is 3.25. The molecule has 0 saturated heterocycles. The maximum absolute atomic E-state index is 11.9.